The van der Waals surface area contributed by atoms with Gasteiger partial charge in [-0.25, -0.2) is 0 Å². The maximum atomic E-state index is 11.6. The third-order valence-electron chi connectivity index (χ3n) is 9.87. The average Bonchev–Trinajstić information content (AvgIpc) is 2.90. The second kappa shape index (κ2) is 6.52. The molecule has 0 bridgehead atoms. The largest absolute Gasteiger partial charge is 0.462 e. The number of rotatable bonds is 2. The molecule has 4 saturated carbocycles. The van der Waals surface area contributed by atoms with Crippen molar-refractivity contribution in [2.75, 3.05) is 0 Å². The lowest BCUT2D eigenvalue weighted by Crippen LogP contribution is -2.54. The van der Waals surface area contributed by atoms with Crippen LogP contribution in [0, 0.1) is 46.3 Å². The summed E-state index contributed by atoms with van der Waals surface area (Å²) < 4.78 is 5.80. The highest BCUT2D eigenvalue weighted by molar-refractivity contribution is 5.66. The molecule has 0 amide bonds. The summed E-state index contributed by atoms with van der Waals surface area (Å²) in [6, 6.07) is 0. The number of ether oxygens (including phenoxy) is 1. The third kappa shape index (κ3) is 2.76. The van der Waals surface area contributed by atoms with Gasteiger partial charge in [-0.1, -0.05) is 27.7 Å². The highest BCUT2D eigenvalue weighted by atomic mass is 16.5. The molecule has 4 rings (SSSR count). The summed E-state index contributed by atoms with van der Waals surface area (Å²) in [4.78, 5) is 11.6. The van der Waals surface area contributed by atoms with E-state index in [4.69, 9.17) is 4.74 Å². The van der Waals surface area contributed by atoms with Gasteiger partial charge in [-0.3, -0.25) is 4.79 Å². The quantitative estimate of drug-likeness (QED) is 0.545. The summed E-state index contributed by atoms with van der Waals surface area (Å²) >= 11 is 0. The molecular formula is C24H40O2. The van der Waals surface area contributed by atoms with Gasteiger partial charge >= 0.3 is 5.97 Å². The molecule has 0 heterocycles. The van der Waals surface area contributed by atoms with Gasteiger partial charge in [0, 0.05) is 12.3 Å². The number of carbonyl (C=O) groups excluding carboxylic acids is 1. The normalized spacial score (nSPS) is 50.7. The fourth-order valence-electron chi connectivity index (χ4n) is 8.24. The molecule has 4 aliphatic carbocycles. The Hall–Kier alpha value is -0.530. The van der Waals surface area contributed by atoms with E-state index in [0.717, 1.165) is 41.9 Å². The lowest BCUT2D eigenvalue weighted by atomic mass is 9.44. The molecule has 8 unspecified atom stereocenters. The van der Waals surface area contributed by atoms with Crippen LogP contribution in [-0.2, 0) is 9.53 Å². The molecule has 2 nitrogen and oxygen atoms in total. The SMILES string of the molecule is CC(=O)OC1CCC2C3CCC4CC(C(C)C)CCC4(C)C3CCC12C. The molecule has 0 aliphatic heterocycles. The van der Waals surface area contributed by atoms with Crippen molar-refractivity contribution < 1.29 is 9.53 Å². The topological polar surface area (TPSA) is 26.3 Å². The van der Waals surface area contributed by atoms with Crippen molar-refractivity contribution >= 4 is 5.97 Å². The van der Waals surface area contributed by atoms with Crippen molar-refractivity contribution in [2.24, 2.45) is 46.3 Å². The fourth-order valence-corrected chi connectivity index (χ4v) is 8.24. The molecule has 4 aliphatic rings. The minimum Gasteiger partial charge on any atom is -0.462 e. The standard InChI is InChI=1S/C24H40O2/c1-15(2)17-10-12-23(4)18(14-17)6-7-19-20-8-9-22(26-16(3)25)24(20,5)13-11-21(19)23/h15,17-22H,6-14H2,1-5H3. The Balaban J connectivity index is 1.54. The van der Waals surface area contributed by atoms with E-state index < -0.39 is 0 Å². The highest BCUT2D eigenvalue weighted by Gasteiger charge is 2.61. The van der Waals surface area contributed by atoms with Crippen LogP contribution in [0.2, 0.25) is 0 Å². The van der Waals surface area contributed by atoms with Crippen LogP contribution >= 0.6 is 0 Å². The Morgan fingerprint density at radius 3 is 2.31 bits per heavy atom. The van der Waals surface area contributed by atoms with E-state index in [1.54, 1.807) is 6.92 Å². The molecule has 0 aromatic rings. The first-order valence-electron chi connectivity index (χ1n) is 11.4. The second-order valence-corrected chi connectivity index (χ2v) is 11.2. The van der Waals surface area contributed by atoms with Gasteiger partial charge in [0.05, 0.1) is 0 Å². The van der Waals surface area contributed by atoms with Crippen LogP contribution in [0.5, 0.6) is 0 Å². The van der Waals surface area contributed by atoms with Crippen molar-refractivity contribution in [3.8, 4) is 0 Å². The zero-order valence-electron chi connectivity index (χ0n) is 17.7. The summed E-state index contributed by atoms with van der Waals surface area (Å²) in [7, 11) is 0. The Bertz CT molecular complexity index is 554. The second-order valence-electron chi connectivity index (χ2n) is 11.2. The van der Waals surface area contributed by atoms with E-state index in [1.807, 2.05) is 0 Å². The number of carbonyl (C=O) groups is 1. The van der Waals surface area contributed by atoms with Crippen molar-refractivity contribution in [1.29, 1.82) is 0 Å². The van der Waals surface area contributed by atoms with Gasteiger partial charge in [0.25, 0.3) is 0 Å². The van der Waals surface area contributed by atoms with Crippen LogP contribution in [0.15, 0.2) is 0 Å². The van der Waals surface area contributed by atoms with E-state index in [0.29, 0.717) is 5.41 Å². The number of hydrogen-bond donors (Lipinski definition) is 0. The molecule has 0 spiro atoms. The lowest BCUT2D eigenvalue weighted by molar-refractivity contribution is -0.162. The summed E-state index contributed by atoms with van der Waals surface area (Å²) in [5.74, 6) is 5.27. The van der Waals surface area contributed by atoms with Crippen molar-refractivity contribution in [1.82, 2.24) is 0 Å². The molecule has 148 valence electrons. The van der Waals surface area contributed by atoms with Gasteiger partial charge in [-0.2, -0.15) is 0 Å². The number of hydrogen-bond acceptors (Lipinski definition) is 2. The Labute approximate surface area is 160 Å². The minimum atomic E-state index is -0.0818. The van der Waals surface area contributed by atoms with Crippen LogP contribution < -0.4 is 0 Å². The molecule has 8 atom stereocenters. The molecule has 0 aromatic heterocycles. The van der Waals surface area contributed by atoms with Gasteiger partial charge in [0.15, 0.2) is 0 Å². The number of esters is 1. The third-order valence-corrected chi connectivity index (χ3v) is 9.87. The zero-order chi connectivity index (χ0) is 18.7. The summed E-state index contributed by atoms with van der Waals surface area (Å²) in [6.07, 6.45) is 12.5. The zero-order valence-corrected chi connectivity index (χ0v) is 17.7. The van der Waals surface area contributed by atoms with Crippen molar-refractivity contribution in [3.63, 3.8) is 0 Å². The van der Waals surface area contributed by atoms with E-state index in [9.17, 15) is 4.79 Å². The van der Waals surface area contributed by atoms with Crippen LogP contribution in [0.25, 0.3) is 0 Å². The summed E-state index contributed by atoms with van der Waals surface area (Å²) in [5.41, 5.74) is 0.820. The van der Waals surface area contributed by atoms with Crippen LogP contribution in [0.4, 0.5) is 0 Å². The predicted octanol–water partition coefficient (Wildman–Crippen LogP) is 6.23. The molecule has 0 saturated heterocycles. The lowest BCUT2D eigenvalue weighted by Gasteiger charge is -2.61. The van der Waals surface area contributed by atoms with E-state index in [2.05, 4.69) is 27.7 Å². The summed E-state index contributed by atoms with van der Waals surface area (Å²) in [6.45, 7) is 11.5. The minimum absolute atomic E-state index is 0.0818. The van der Waals surface area contributed by atoms with Crippen LogP contribution in [-0.4, -0.2) is 12.1 Å². The predicted molar refractivity (Wildman–Crippen MR) is 106 cm³/mol. The average molecular weight is 361 g/mol. The Morgan fingerprint density at radius 2 is 1.62 bits per heavy atom. The fraction of sp³-hybridized carbons (Fsp3) is 0.958. The Kier molecular flexibility index (Phi) is 4.72. The highest BCUT2D eigenvalue weighted by Crippen LogP contribution is 2.67. The molecule has 0 aromatic carbocycles. The van der Waals surface area contributed by atoms with E-state index in [-0.39, 0.29) is 17.5 Å². The Morgan fingerprint density at radius 1 is 0.923 bits per heavy atom. The maximum absolute atomic E-state index is 11.6. The van der Waals surface area contributed by atoms with Crippen LogP contribution in [0.3, 0.4) is 0 Å². The number of fused-ring (bicyclic) bond motifs is 5. The molecular weight excluding hydrogens is 320 g/mol. The first kappa shape index (κ1) is 18.8. The van der Waals surface area contributed by atoms with Gasteiger partial charge in [-0.15, -0.1) is 0 Å². The molecule has 26 heavy (non-hydrogen) atoms. The molecule has 2 heteroatoms. The maximum Gasteiger partial charge on any atom is 0.302 e. The van der Waals surface area contributed by atoms with Gasteiger partial charge < -0.3 is 4.74 Å². The first-order chi connectivity index (χ1) is 12.3. The van der Waals surface area contributed by atoms with Crippen LogP contribution in [0.1, 0.15) is 92.4 Å². The van der Waals surface area contributed by atoms with Gasteiger partial charge in [-0.05, 0) is 98.7 Å². The van der Waals surface area contributed by atoms with Crippen molar-refractivity contribution in [2.45, 2.75) is 98.5 Å². The van der Waals surface area contributed by atoms with Gasteiger partial charge in [0.2, 0.25) is 0 Å². The molecule has 0 N–H and O–H groups in total. The van der Waals surface area contributed by atoms with Crippen molar-refractivity contribution in [3.05, 3.63) is 0 Å². The first-order valence-corrected chi connectivity index (χ1v) is 11.4. The monoisotopic (exact) mass is 360 g/mol. The molecule has 0 radical (unpaired) electrons. The van der Waals surface area contributed by atoms with Gasteiger partial charge in [0.1, 0.15) is 6.10 Å². The molecule has 4 fully saturated rings. The van der Waals surface area contributed by atoms with E-state index in [1.165, 1.54) is 51.4 Å². The summed E-state index contributed by atoms with van der Waals surface area (Å²) in [5, 5.41) is 0. The van der Waals surface area contributed by atoms with E-state index >= 15 is 0 Å². The smallest absolute Gasteiger partial charge is 0.302 e.